The number of fused-ring (bicyclic) bond motifs is 1. The number of anilines is 1. The maximum Gasteiger partial charge on any atom is 0.221 e. The molecule has 0 saturated carbocycles. The van der Waals surface area contributed by atoms with E-state index < -0.39 is 0 Å². The van der Waals surface area contributed by atoms with Crippen molar-refractivity contribution < 1.29 is 4.79 Å². The van der Waals surface area contributed by atoms with Crippen molar-refractivity contribution in [2.75, 3.05) is 11.9 Å². The molecule has 8 heteroatoms. The van der Waals surface area contributed by atoms with Crippen LogP contribution in [0.5, 0.6) is 0 Å². The van der Waals surface area contributed by atoms with Crippen molar-refractivity contribution in [3.05, 3.63) is 16.0 Å². The molecule has 0 fully saturated rings. The first-order valence-electron chi connectivity index (χ1n) is 5.55. The Labute approximate surface area is 109 Å². The standard InChI is InChI=1S/C10H16N6OS/c1-5(17)14-10-8(9(11)15-16-12)6-2-3-13-4-7(6)18-10/h13,16H,2-4,12H2,1H3,(H2,11,15)(H,14,17). The molecule has 1 aromatic heterocycles. The fourth-order valence-corrected chi connectivity index (χ4v) is 3.25. The molecule has 0 aromatic carbocycles. The van der Waals surface area contributed by atoms with Gasteiger partial charge in [-0.05, 0) is 18.5 Å². The first-order valence-corrected chi connectivity index (χ1v) is 6.37. The number of rotatable bonds is 3. The molecule has 0 radical (unpaired) electrons. The minimum absolute atomic E-state index is 0.128. The Balaban J connectivity index is 2.48. The van der Waals surface area contributed by atoms with Crippen molar-refractivity contribution in [1.82, 2.24) is 10.9 Å². The van der Waals surface area contributed by atoms with Crippen LogP contribution in [0.1, 0.15) is 22.9 Å². The van der Waals surface area contributed by atoms with Gasteiger partial charge in [-0.1, -0.05) is 0 Å². The SMILES string of the molecule is CC(=O)Nc1sc2c(c1/C(N)=N/NN)CCNC2. The summed E-state index contributed by atoms with van der Waals surface area (Å²) in [6.07, 6.45) is 0.863. The Morgan fingerprint density at radius 3 is 3.00 bits per heavy atom. The zero-order chi connectivity index (χ0) is 13.1. The van der Waals surface area contributed by atoms with Crippen LogP contribution < -0.4 is 27.7 Å². The van der Waals surface area contributed by atoms with Crippen LogP contribution in [-0.2, 0) is 17.8 Å². The zero-order valence-corrected chi connectivity index (χ0v) is 10.9. The molecule has 0 aliphatic carbocycles. The number of hydrogen-bond donors (Lipinski definition) is 5. The summed E-state index contributed by atoms with van der Waals surface area (Å²) in [6, 6.07) is 0. The predicted molar refractivity (Wildman–Crippen MR) is 72.1 cm³/mol. The number of hydrogen-bond acceptors (Lipinski definition) is 6. The van der Waals surface area contributed by atoms with Crippen LogP contribution in [0, 0.1) is 0 Å². The van der Waals surface area contributed by atoms with Gasteiger partial charge in [-0.25, -0.2) is 11.4 Å². The third-order valence-corrected chi connectivity index (χ3v) is 3.81. The van der Waals surface area contributed by atoms with Gasteiger partial charge in [0.1, 0.15) is 5.00 Å². The van der Waals surface area contributed by atoms with Gasteiger partial charge in [-0.2, -0.15) is 0 Å². The topological polar surface area (TPSA) is 118 Å². The number of nitrogens with two attached hydrogens (primary N) is 2. The molecule has 7 N–H and O–H groups in total. The molecule has 1 aromatic rings. The van der Waals surface area contributed by atoms with Gasteiger partial charge in [-0.15, -0.1) is 16.4 Å². The van der Waals surface area contributed by atoms with Crippen molar-refractivity contribution >= 4 is 28.1 Å². The third kappa shape index (κ3) is 2.45. The molecule has 1 aliphatic heterocycles. The Bertz CT molecular complexity index is 495. The molecular weight excluding hydrogens is 252 g/mol. The van der Waals surface area contributed by atoms with E-state index >= 15 is 0 Å². The lowest BCUT2D eigenvalue weighted by Gasteiger charge is -2.14. The molecule has 1 amide bonds. The molecule has 98 valence electrons. The highest BCUT2D eigenvalue weighted by Crippen LogP contribution is 2.35. The second-order valence-corrected chi connectivity index (χ2v) is 5.05. The maximum absolute atomic E-state index is 11.2. The normalized spacial score (nSPS) is 15.1. The number of carbonyl (C=O) groups is 1. The van der Waals surface area contributed by atoms with E-state index in [0.717, 1.165) is 35.6 Å². The molecule has 1 aliphatic rings. The number of hydrazine groups is 1. The van der Waals surface area contributed by atoms with Crippen molar-refractivity contribution in [3.8, 4) is 0 Å². The molecule has 7 nitrogen and oxygen atoms in total. The predicted octanol–water partition coefficient (Wildman–Crippen LogP) is -0.564. The van der Waals surface area contributed by atoms with E-state index in [9.17, 15) is 4.79 Å². The van der Waals surface area contributed by atoms with Gasteiger partial charge in [0.25, 0.3) is 0 Å². The summed E-state index contributed by atoms with van der Waals surface area (Å²) in [4.78, 5) is 12.4. The number of amides is 1. The lowest BCUT2D eigenvalue weighted by Crippen LogP contribution is -2.27. The number of hydrazone groups is 1. The van der Waals surface area contributed by atoms with Gasteiger partial charge in [-0.3, -0.25) is 4.79 Å². The average Bonchev–Trinajstić information content (AvgIpc) is 2.66. The van der Waals surface area contributed by atoms with E-state index in [0.29, 0.717) is 5.84 Å². The molecule has 18 heavy (non-hydrogen) atoms. The van der Waals surface area contributed by atoms with Crippen LogP contribution >= 0.6 is 11.3 Å². The highest BCUT2D eigenvalue weighted by Gasteiger charge is 2.23. The molecule has 0 spiro atoms. The molecular formula is C10H16N6OS. The molecule has 0 saturated heterocycles. The van der Waals surface area contributed by atoms with E-state index in [1.807, 2.05) is 0 Å². The molecule has 0 bridgehead atoms. The van der Waals surface area contributed by atoms with Gasteiger partial charge in [0.2, 0.25) is 5.91 Å². The summed E-state index contributed by atoms with van der Waals surface area (Å²) in [5.74, 6) is 5.31. The van der Waals surface area contributed by atoms with E-state index in [4.69, 9.17) is 11.6 Å². The Morgan fingerprint density at radius 2 is 2.33 bits per heavy atom. The summed E-state index contributed by atoms with van der Waals surface area (Å²) in [5.41, 5.74) is 10.00. The summed E-state index contributed by atoms with van der Waals surface area (Å²) in [7, 11) is 0. The number of carbonyl (C=O) groups excluding carboxylic acids is 1. The minimum Gasteiger partial charge on any atom is -0.382 e. The smallest absolute Gasteiger partial charge is 0.221 e. The lowest BCUT2D eigenvalue weighted by molar-refractivity contribution is -0.114. The third-order valence-electron chi connectivity index (χ3n) is 2.66. The van der Waals surface area contributed by atoms with Crippen LogP contribution in [-0.4, -0.2) is 18.3 Å². The van der Waals surface area contributed by atoms with Gasteiger partial charge >= 0.3 is 0 Å². The van der Waals surface area contributed by atoms with Crippen LogP contribution in [0.15, 0.2) is 5.10 Å². The number of thiophene rings is 1. The molecule has 2 heterocycles. The van der Waals surface area contributed by atoms with Gasteiger partial charge in [0.15, 0.2) is 5.84 Å². The highest BCUT2D eigenvalue weighted by molar-refractivity contribution is 7.17. The van der Waals surface area contributed by atoms with Crippen LogP contribution in [0.25, 0.3) is 0 Å². The average molecular weight is 268 g/mol. The van der Waals surface area contributed by atoms with Crippen molar-refractivity contribution in [2.24, 2.45) is 16.7 Å². The Hall–Kier alpha value is -1.64. The second-order valence-electron chi connectivity index (χ2n) is 3.94. The second kappa shape index (κ2) is 5.34. The van der Waals surface area contributed by atoms with E-state index in [1.54, 1.807) is 0 Å². The van der Waals surface area contributed by atoms with Crippen molar-refractivity contribution in [2.45, 2.75) is 19.9 Å². The molecule has 2 rings (SSSR count). The van der Waals surface area contributed by atoms with E-state index in [2.05, 4.69) is 21.3 Å². The van der Waals surface area contributed by atoms with Crippen LogP contribution in [0.4, 0.5) is 5.00 Å². The lowest BCUT2D eigenvalue weighted by atomic mass is 10.0. The summed E-state index contributed by atoms with van der Waals surface area (Å²) >= 11 is 1.52. The monoisotopic (exact) mass is 268 g/mol. The summed E-state index contributed by atoms with van der Waals surface area (Å²) < 4.78 is 0. The first-order chi connectivity index (χ1) is 8.63. The molecule has 0 atom stereocenters. The fraction of sp³-hybridized carbons (Fsp3) is 0.400. The largest absolute Gasteiger partial charge is 0.382 e. The molecule has 0 unspecified atom stereocenters. The zero-order valence-electron chi connectivity index (χ0n) is 10.0. The van der Waals surface area contributed by atoms with Gasteiger partial charge in [0.05, 0.1) is 5.56 Å². The van der Waals surface area contributed by atoms with Crippen LogP contribution in [0.2, 0.25) is 0 Å². The quantitative estimate of drug-likeness (QED) is 0.218. The number of nitrogens with one attached hydrogen (secondary N) is 3. The highest BCUT2D eigenvalue weighted by atomic mass is 32.1. The first kappa shape index (κ1) is 12.8. The fourth-order valence-electron chi connectivity index (χ4n) is 1.98. The summed E-state index contributed by atoms with van der Waals surface area (Å²) in [5, 5.41) is 10.6. The van der Waals surface area contributed by atoms with E-state index in [1.165, 1.54) is 23.1 Å². The van der Waals surface area contributed by atoms with Crippen LogP contribution in [0.3, 0.4) is 0 Å². The Morgan fingerprint density at radius 1 is 1.56 bits per heavy atom. The van der Waals surface area contributed by atoms with E-state index in [-0.39, 0.29) is 5.91 Å². The number of nitrogens with zero attached hydrogens (tertiary/aromatic N) is 1. The minimum atomic E-state index is -0.128. The van der Waals surface area contributed by atoms with Crippen molar-refractivity contribution in [1.29, 1.82) is 0 Å². The number of amidine groups is 1. The van der Waals surface area contributed by atoms with Crippen molar-refractivity contribution in [3.63, 3.8) is 0 Å². The summed E-state index contributed by atoms with van der Waals surface area (Å²) in [6.45, 7) is 3.14. The van der Waals surface area contributed by atoms with Gasteiger partial charge in [0, 0.05) is 18.3 Å². The Kier molecular flexibility index (Phi) is 3.80. The van der Waals surface area contributed by atoms with Gasteiger partial charge < -0.3 is 16.4 Å². The maximum atomic E-state index is 11.2.